The van der Waals surface area contributed by atoms with Crippen molar-refractivity contribution in [3.8, 4) is 5.75 Å². The van der Waals surface area contributed by atoms with Crippen LogP contribution in [-0.4, -0.2) is 31.6 Å². The number of rotatable bonds is 10. The summed E-state index contributed by atoms with van der Waals surface area (Å²) < 4.78 is 10.7. The molecule has 0 radical (unpaired) electrons. The minimum atomic E-state index is -0.322. The molecule has 0 aromatic heterocycles. The molecule has 2 aromatic carbocycles. The van der Waals surface area contributed by atoms with Crippen LogP contribution in [0.4, 0.5) is 0 Å². The second kappa shape index (κ2) is 11.0. The van der Waals surface area contributed by atoms with Crippen molar-refractivity contribution in [1.29, 1.82) is 0 Å². The lowest BCUT2D eigenvalue weighted by Gasteiger charge is -2.11. The molecule has 0 fully saturated rings. The summed E-state index contributed by atoms with van der Waals surface area (Å²) >= 11 is 0. The van der Waals surface area contributed by atoms with Gasteiger partial charge in [-0.25, -0.2) is 4.79 Å². The van der Waals surface area contributed by atoms with Crippen LogP contribution in [0.2, 0.25) is 0 Å². The number of unbranched alkanes of at least 4 members (excludes halogenated alkanes) is 1. The summed E-state index contributed by atoms with van der Waals surface area (Å²) in [5.74, 6) is 0.143. The van der Waals surface area contributed by atoms with Gasteiger partial charge in [-0.2, -0.15) is 0 Å². The maximum absolute atomic E-state index is 12.5. The SMILES string of the molecule is CCCCOc1ccccc1C(=O)NCCc1ccc(C(=O)OCC)cc1. The fourth-order valence-corrected chi connectivity index (χ4v) is 2.54. The summed E-state index contributed by atoms with van der Waals surface area (Å²) in [5, 5.41) is 2.93. The first-order valence-corrected chi connectivity index (χ1v) is 9.41. The zero-order valence-electron chi connectivity index (χ0n) is 16.0. The molecule has 0 atom stereocenters. The van der Waals surface area contributed by atoms with E-state index in [9.17, 15) is 9.59 Å². The van der Waals surface area contributed by atoms with Gasteiger partial charge >= 0.3 is 5.97 Å². The van der Waals surface area contributed by atoms with Gasteiger partial charge < -0.3 is 14.8 Å². The van der Waals surface area contributed by atoms with Gasteiger partial charge in [-0.3, -0.25) is 4.79 Å². The Kier molecular flexibility index (Phi) is 8.36. The van der Waals surface area contributed by atoms with Crippen LogP contribution < -0.4 is 10.1 Å². The van der Waals surface area contributed by atoms with Crippen molar-refractivity contribution in [2.75, 3.05) is 19.8 Å². The van der Waals surface area contributed by atoms with Crippen molar-refractivity contribution in [2.45, 2.75) is 33.1 Å². The molecule has 0 bridgehead atoms. The highest BCUT2D eigenvalue weighted by atomic mass is 16.5. The summed E-state index contributed by atoms with van der Waals surface area (Å²) in [6, 6.07) is 14.5. The van der Waals surface area contributed by atoms with Crippen LogP contribution in [0.15, 0.2) is 48.5 Å². The van der Waals surface area contributed by atoms with Crippen molar-refractivity contribution in [1.82, 2.24) is 5.32 Å². The van der Waals surface area contributed by atoms with E-state index in [0.29, 0.717) is 43.1 Å². The van der Waals surface area contributed by atoms with Crippen LogP contribution in [0.3, 0.4) is 0 Å². The fraction of sp³-hybridized carbons (Fsp3) is 0.364. The van der Waals surface area contributed by atoms with E-state index < -0.39 is 0 Å². The number of esters is 1. The standard InChI is InChI=1S/C22H27NO4/c1-3-5-16-27-20-9-7-6-8-19(20)21(24)23-15-14-17-10-12-18(13-11-17)22(25)26-4-2/h6-13H,3-5,14-16H2,1-2H3,(H,23,24). The Morgan fingerprint density at radius 2 is 1.74 bits per heavy atom. The van der Waals surface area contributed by atoms with E-state index in [1.807, 2.05) is 30.3 Å². The van der Waals surface area contributed by atoms with Crippen molar-refractivity contribution < 1.29 is 19.1 Å². The van der Waals surface area contributed by atoms with Crippen molar-refractivity contribution in [2.24, 2.45) is 0 Å². The number of benzene rings is 2. The molecule has 0 aliphatic heterocycles. The van der Waals surface area contributed by atoms with Gasteiger partial charge in [0.1, 0.15) is 5.75 Å². The Bertz CT molecular complexity index is 740. The largest absolute Gasteiger partial charge is 0.493 e. The quantitative estimate of drug-likeness (QED) is 0.508. The first-order valence-electron chi connectivity index (χ1n) is 9.41. The maximum atomic E-state index is 12.5. The average Bonchev–Trinajstić information content (AvgIpc) is 2.69. The molecule has 0 saturated carbocycles. The van der Waals surface area contributed by atoms with E-state index in [2.05, 4.69) is 12.2 Å². The van der Waals surface area contributed by atoms with Gasteiger partial charge in [0.25, 0.3) is 5.91 Å². The third-order valence-corrected chi connectivity index (χ3v) is 4.05. The Morgan fingerprint density at radius 3 is 2.44 bits per heavy atom. The minimum absolute atomic E-state index is 0.148. The van der Waals surface area contributed by atoms with Crippen LogP contribution in [0.5, 0.6) is 5.75 Å². The third-order valence-electron chi connectivity index (χ3n) is 4.05. The molecule has 2 aromatic rings. The first-order chi connectivity index (χ1) is 13.2. The molecule has 1 amide bonds. The molecule has 0 spiro atoms. The predicted octanol–water partition coefficient (Wildman–Crippen LogP) is 4.01. The second-order valence-electron chi connectivity index (χ2n) is 6.12. The van der Waals surface area contributed by atoms with E-state index in [1.54, 1.807) is 25.1 Å². The Morgan fingerprint density at radius 1 is 1.00 bits per heavy atom. The lowest BCUT2D eigenvalue weighted by atomic mass is 10.1. The zero-order chi connectivity index (χ0) is 19.5. The van der Waals surface area contributed by atoms with Crippen LogP contribution in [0, 0.1) is 0 Å². The van der Waals surface area contributed by atoms with Gasteiger partial charge in [0.2, 0.25) is 0 Å². The van der Waals surface area contributed by atoms with Gasteiger partial charge in [-0.15, -0.1) is 0 Å². The fourth-order valence-electron chi connectivity index (χ4n) is 2.54. The average molecular weight is 369 g/mol. The Labute approximate surface area is 160 Å². The molecule has 0 unspecified atom stereocenters. The Balaban J connectivity index is 1.86. The van der Waals surface area contributed by atoms with E-state index in [0.717, 1.165) is 18.4 Å². The molecular formula is C22H27NO4. The minimum Gasteiger partial charge on any atom is -0.493 e. The Hall–Kier alpha value is -2.82. The number of amides is 1. The molecule has 5 nitrogen and oxygen atoms in total. The molecule has 5 heteroatoms. The molecule has 0 saturated heterocycles. The third kappa shape index (κ3) is 6.44. The van der Waals surface area contributed by atoms with E-state index in [-0.39, 0.29) is 11.9 Å². The van der Waals surface area contributed by atoms with Gasteiger partial charge in [0, 0.05) is 6.54 Å². The number of hydrogen-bond acceptors (Lipinski definition) is 4. The topological polar surface area (TPSA) is 64.6 Å². The van der Waals surface area contributed by atoms with Gasteiger partial charge in [0.05, 0.1) is 24.3 Å². The molecular weight excluding hydrogens is 342 g/mol. The van der Waals surface area contributed by atoms with Crippen LogP contribution >= 0.6 is 0 Å². The van der Waals surface area contributed by atoms with Gasteiger partial charge in [-0.1, -0.05) is 37.6 Å². The zero-order valence-corrected chi connectivity index (χ0v) is 16.0. The van der Waals surface area contributed by atoms with Gasteiger partial charge in [-0.05, 0) is 49.6 Å². The summed E-state index contributed by atoms with van der Waals surface area (Å²) in [4.78, 5) is 24.1. The predicted molar refractivity (Wildman–Crippen MR) is 105 cm³/mol. The van der Waals surface area contributed by atoms with Crippen molar-refractivity contribution >= 4 is 11.9 Å². The van der Waals surface area contributed by atoms with Crippen LogP contribution in [-0.2, 0) is 11.2 Å². The number of hydrogen-bond donors (Lipinski definition) is 1. The smallest absolute Gasteiger partial charge is 0.338 e. The normalized spacial score (nSPS) is 10.3. The number of carbonyl (C=O) groups is 2. The van der Waals surface area contributed by atoms with E-state index >= 15 is 0 Å². The monoisotopic (exact) mass is 369 g/mol. The molecule has 0 heterocycles. The highest BCUT2D eigenvalue weighted by Gasteiger charge is 2.11. The summed E-state index contributed by atoms with van der Waals surface area (Å²) in [5.41, 5.74) is 2.12. The van der Waals surface area contributed by atoms with E-state index in [1.165, 1.54) is 0 Å². The summed E-state index contributed by atoms with van der Waals surface area (Å²) in [6.07, 6.45) is 2.68. The van der Waals surface area contributed by atoms with Crippen LogP contribution in [0.25, 0.3) is 0 Å². The lowest BCUT2D eigenvalue weighted by Crippen LogP contribution is -2.26. The number of ether oxygens (including phenoxy) is 2. The van der Waals surface area contributed by atoms with Gasteiger partial charge in [0.15, 0.2) is 0 Å². The second-order valence-corrected chi connectivity index (χ2v) is 6.12. The summed E-state index contributed by atoms with van der Waals surface area (Å²) in [6.45, 7) is 5.34. The highest BCUT2D eigenvalue weighted by Crippen LogP contribution is 2.18. The summed E-state index contributed by atoms with van der Waals surface area (Å²) in [7, 11) is 0. The molecule has 0 aliphatic rings. The van der Waals surface area contributed by atoms with E-state index in [4.69, 9.17) is 9.47 Å². The molecule has 2 rings (SSSR count). The number of para-hydroxylation sites is 1. The number of nitrogens with one attached hydrogen (secondary N) is 1. The molecule has 144 valence electrons. The van der Waals surface area contributed by atoms with Crippen molar-refractivity contribution in [3.05, 3.63) is 65.2 Å². The molecule has 0 aliphatic carbocycles. The molecule has 1 N–H and O–H groups in total. The van der Waals surface area contributed by atoms with Crippen molar-refractivity contribution in [3.63, 3.8) is 0 Å². The number of carbonyl (C=O) groups excluding carboxylic acids is 2. The lowest BCUT2D eigenvalue weighted by molar-refractivity contribution is 0.0526. The highest BCUT2D eigenvalue weighted by molar-refractivity contribution is 5.96. The first kappa shape index (κ1) is 20.5. The maximum Gasteiger partial charge on any atom is 0.338 e. The van der Waals surface area contributed by atoms with Crippen LogP contribution in [0.1, 0.15) is 53.0 Å². The molecule has 27 heavy (non-hydrogen) atoms.